The van der Waals surface area contributed by atoms with E-state index in [1.165, 1.54) is 0 Å². The van der Waals surface area contributed by atoms with Crippen LogP contribution in [0.15, 0.2) is 48.5 Å². The molecule has 0 saturated heterocycles. The lowest BCUT2D eigenvalue weighted by molar-refractivity contribution is 0.859. The summed E-state index contributed by atoms with van der Waals surface area (Å²) in [6.07, 6.45) is 0. The van der Waals surface area contributed by atoms with Crippen LogP contribution in [0.25, 0.3) is 11.0 Å². The van der Waals surface area contributed by atoms with Crippen molar-refractivity contribution in [2.75, 3.05) is 5.32 Å². The number of thiocarbonyl (C=S) groups is 1. The van der Waals surface area contributed by atoms with Gasteiger partial charge in [-0.25, -0.2) is 4.98 Å². The van der Waals surface area contributed by atoms with Gasteiger partial charge in [0.2, 0.25) is 0 Å². The topological polar surface area (TPSA) is 52.7 Å². The first kappa shape index (κ1) is 14.3. The monoisotopic (exact) mass is 408 g/mol. The van der Waals surface area contributed by atoms with E-state index in [9.17, 15) is 0 Å². The summed E-state index contributed by atoms with van der Waals surface area (Å²) in [5.74, 6) is 0.864. The molecule has 3 rings (SSSR count). The van der Waals surface area contributed by atoms with Crippen molar-refractivity contribution < 1.29 is 0 Å². The molecule has 0 fully saturated rings. The minimum absolute atomic E-state index is 0.559. The molecular formula is C15H13IN4S. The number of imidazole rings is 1. The molecule has 2 aromatic carbocycles. The predicted octanol–water partition coefficient (Wildman–Crippen LogP) is 3.65. The largest absolute Gasteiger partial charge is 0.355 e. The molecule has 0 bridgehead atoms. The number of halogens is 1. The van der Waals surface area contributed by atoms with Crippen LogP contribution in [-0.4, -0.2) is 15.1 Å². The first-order valence-electron chi connectivity index (χ1n) is 6.45. The summed E-state index contributed by atoms with van der Waals surface area (Å²) in [5, 5.41) is 6.93. The van der Waals surface area contributed by atoms with Gasteiger partial charge in [-0.3, -0.25) is 0 Å². The Labute approximate surface area is 141 Å². The number of nitrogens with one attached hydrogen (secondary N) is 3. The first-order valence-corrected chi connectivity index (χ1v) is 7.94. The van der Waals surface area contributed by atoms with Crippen LogP contribution in [0.5, 0.6) is 0 Å². The molecule has 1 aromatic heterocycles. The molecule has 0 atom stereocenters. The summed E-state index contributed by atoms with van der Waals surface area (Å²) < 4.78 is 1.13. The summed E-state index contributed by atoms with van der Waals surface area (Å²) >= 11 is 7.58. The third-order valence-corrected chi connectivity index (χ3v) is 4.16. The minimum Gasteiger partial charge on any atom is -0.355 e. The summed E-state index contributed by atoms with van der Waals surface area (Å²) in [6, 6.07) is 16.0. The third kappa shape index (κ3) is 3.51. The second-order valence-corrected chi connectivity index (χ2v) is 6.06. The molecule has 106 valence electrons. The maximum absolute atomic E-state index is 5.31. The van der Waals surface area contributed by atoms with Crippen LogP contribution in [0.4, 0.5) is 5.69 Å². The highest BCUT2D eigenvalue weighted by molar-refractivity contribution is 14.1. The molecule has 6 heteroatoms. The number of nitrogens with zero attached hydrogens (tertiary/aromatic N) is 1. The molecule has 0 spiro atoms. The SMILES string of the molecule is S=C(NCc1nc2ccccc2[nH]1)Nc1ccccc1I. The van der Waals surface area contributed by atoms with Crippen molar-refractivity contribution in [3.05, 3.63) is 57.9 Å². The molecule has 21 heavy (non-hydrogen) atoms. The van der Waals surface area contributed by atoms with Gasteiger partial charge in [-0.1, -0.05) is 24.3 Å². The lowest BCUT2D eigenvalue weighted by Gasteiger charge is -2.10. The Hall–Kier alpha value is -1.67. The van der Waals surface area contributed by atoms with Crippen LogP contribution in [0.3, 0.4) is 0 Å². The van der Waals surface area contributed by atoms with Crippen LogP contribution in [0, 0.1) is 3.57 Å². The number of H-pyrrole nitrogens is 1. The predicted molar refractivity (Wildman–Crippen MR) is 98.3 cm³/mol. The quantitative estimate of drug-likeness (QED) is 0.458. The fraction of sp³-hybridized carbons (Fsp3) is 0.0667. The van der Waals surface area contributed by atoms with E-state index < -0.39 is 0 Å². The number of para-hydroxylation sites is 3. The molecule has 0 aliphatic carbocycles. The van der Waals surface area contributed by atoms with Gasteiger partial charge >= 0.3 is 0 Å². The highest BCUT2D eigenvalue weighted by Gasteiger charge is 2.04. The van der Waals surface area contributed by atoms with Crippen LogP contribution < -0.4 is 10.6 Å². The summed E-state index contributed by atoms with van der Waals surface area (Å²) in [4.78, 5) is 7.77. The molecule has 3 aromatic rings. The average Bonchev–Trinajstić information content (AvgIpc) is 2.90. The van der Waals surface area contributed by atoms with E-state index in [1.54, 1.807) is 0 Å². The Kier molecular flexibility index (Phi) is 4.35. The molecule has 0 amide bonds. The lowest BCUT2D eigenvalue weighted by atomic mass is 10.3. The van der Waals surface area contributed by atoms with E-state index in [2.05, 4.69) is 43.2 Å². The van der Waals surface area contributed by atoms with Gasteiger partial charge in [-0.05, 0) is 59.1 Å². The van der Waals surface area contributed by atoms with Gasteiger partial charge in [-0.2, -0.15) is 0 Å². The van der Waals surface area contributed by atoms with Crippen LogP contribution in [0.1, 0.15) is 5.82 Å². The summed E-state index contributed by atoms with van der Waals surface area (Å²) in [7, 11) is 0. The molecule has 0 radical (unpaired) electrons. The number of aromatic nitrogens is 2. The fourth-order valence-corrected chi connectivity index (χ4v) is 2.69. The number of hydrogen-bond donors (Lipinski definition) is 3. The Morgan fingerprint density at radius 1 is 1.14 bits per heavy atom. The van der Waals surface area contributed by atoms with Crippen molar-refractivity contribution in [2.24, 2.45) is 0 Å². The van der Waals surface area contributed by atoms with Crippen molar-refractivity contribution >= 4 is 56.6 Å². The van der Waals surface area contributed by atoms with Crippen LogP contribution in [0.2, 0.25) is 0 Å². The van der Waals surface area contributed by atoms with Gasteiger partial charge in [0, 0.05) is 3.57 Å². The van der Waals surface area contributed by atoms with Crippen LogP contribution in [-0.2, 0) is 6.54 Å². The highest BCUT2D eigenvalue weighted by atomic mass is 127. The van der Waals surface area contributed by atoms with Crippen molar-refractivity contribution in [3.8, 4) is 0 Å². The Morgan fingerprint density at radius 2 is 1.90 bits per heavy atom. The van der Waals surface area contributed by atoms with Gasteiger partial charge in [0.05, 0.1) is 23.3 Å². The van der Waals surface area contributed by atoms with E-state index >= 15 is 0 Å². The Balaban J connectivity index is 1.62. The molecule has 0 saturated carbocycles. The van der Waals surface area contributed by atoms with E-state index in [0.717, 1.165) is 26.1 Å². The number of anilines is 1. The number of hydrogen-bond acceptors (Lipinski definition) is 2. The second kappa shape index (κ2) is 6.40. The van der Waals surface area contributed by atoms with Crippen molar-refractivity contribution in [1.82, 2.24) is 15.3 Å². The smallest absolute Gasteiger partial charge is 0.171 e. The van der Waals surface area contributed by atoms with Gasteiger partial charge in [0.1, 0.15) is 5.82 Å². The zero-order chi connectivity index (χ0) is 14.7. The second-order valence-electron chi connectivity index (χ2n) is 4.49. The number of aromatic amines is 1. The Bertz CT molecular complexity index is 751. The van der Waals surface area contributed by atoms with Gasteiger partial charge < -0.3 is 15.6 Å². The average molecular weight is 408 g/mol. The molecule has 4 nitrogen and oxygen atoms in total. The maximum Gasteiger partial charge on any atom is 0.171 e. The molecule has 0 aliphatic rings. The first-order chi connectivity index (χ1) is 10.2. The van der Waals surface area contributed by atoms with E-state index in [1.807, 2.05) is 48.5 Å². The van der Waals surface area contributed by atoms with Crippen molar-refractivity contribution in [2.45, 2.75) is 6.54 Å². The zero-order valence-electron chi connectivity index (χ0n) is 11.1. The number of rotatable bonds is 3. The van der Waals surface area contributed by atoms with Gasteiger partial charge in [0.25, 0.3) is 0 Å². The molecular weight excluding hydrogens is 395 g/mol. The molecule has 0 aliphatic heterocycles. The van der Waals surface area contributed by atoms with Crippen molar-refractivity contribution in [1.29, 1.82) is 0 Å². The molecule has 0 unspecified atom stereocenters. The minimum atomic E-state index is 0.559. The highest BCUT2D eigenvalue weighted by Crippen LogP contribution is 2.16. The lowest BCUT2D eigenvalue weighted by Crippen LogP contribution is -2.28. The Morgan fingerprint density at radius 3 is 2.71 bits per heavy atom. The third-order valence-electron chi connectivity index (χ3n) is 2.98. The number of fused-ring (bicyclic) bond motifs is 1. The van der Waals surface area contributed by atoms with Crippen LogP contribution >= 0.6 is 34.8 Å². The maximum atomic E-state index is 5.31. The fourth-order valence-electron chi connectivity index (χ4n) is 1.98. The van der Waals surface area contributed by atoms with Crippen molar-refractivity contribution in [3.63, 3.8) is 0 Å². The molecule has 3 N–H and O–H groups in total. The molecule has 1 heterocycles. The van der Waals surface area contributed by atoms with E-state index in [-0.39, 0.29) is 0 Å². The zero-order valence-corrected chi connectivity index (χ0v) is 14.0. The van der Waals surface area contributed by atoms with Gasteiger partial charge in [0.15, 0.2) is 5.11 Å². The summed E-state index contributed by atoms with van der Waals surface area (Å²) in [5.41, 5.74) is 3.00. The van der Waals surface area contributed by atoms with E-state index in [0.29, 0.717) is 11.7 Å². The normalized spacial score (nSPS) is 10.5. The van der Waals surface area contributed by atoms with E-state index in [4.69, 9.17) is 12.2 Å². The van der Waals surface area contributed by atoms with Gasteiger partial charge in [-0.15, -0.1) is 0 Å². The number of benzene rings is 2. The standard InChI is InChI=1S/C15H13IN4S/c16-10-5-1-2-6-11(10)20-15(21)17-9-14-18-12-7-3-4-8-13(12)19-14/h1-8H,9H2,(H,18,19)(H2,17,20,21). The summed E-state index contributed by atoms with van der Waals surface area (Å²) in [6.45, 7) is 0.559.